The van der Waals surface area contributed by atoms with E-state index in [9.17, 15) is 0 Å². The van der Waals surface area contributed by atoms with Gasteiger partial charge in [0.15, 0.2) is 0 Å². The highest BCUT2D eigenvalue weighted by Crippen LogP contribution is 2.20. The second kappa shape index (κ2) is 6.91. The van der Waals surface area contributed by atoms with Gasteiger partial charge in [0.1, 0.15) is 5.82 Å². The molecule has 0 aliphatic carbocycles. The van der Waals surface area contributed by atoms with Crippen LogP contribution >= 0.6 is 15.9 Å². The van der Waals surface area contributed by atoms with Crippen molar-refractivity contribution in [2.24, 2.45) is 7.05 Å². The zero-order valence-corrected chi connectivity index (χ0v) is 16.1. The first kappa shape index (κ1) is 16.9. The summed E-state index contributed by atoms with van der Waals surface area (Å²) in [6, 6.07) is 6.57. The number of rotatable bonds is 5. The fourth-order valence-corrected chi connectivity index (χ4v) is 3.37. The number of aryl methyl sites for hydroxylation is 3. The molecule has 2 heterocycles. The van der Waals surface area contributed by atoms with Gasteiger partial charge in [0.2, 0.25) is 0 Å². The van der Waals surface area contributed by atoms with Gasteiger partial charge in [-0.15, -0.1) is 0 Å². The average molecular weight is 388 g/mol. The number of aromatic nitrogens is 4. The molecular formula is C18H22BrN5. The zero-order chi connectivity index (χ0) is 17.3. The van der Waals surface area contributed by atoms with E-state index in [-0.39, 0.29) is 0 Å². The lowest BCUT2D eigenvalue weighted by Crippen LogP contribution is -2.18. The van der Waals surface area contributed by atoms with Crippen LogP contribution in [-0.2, 0) is 20.1 Å². The van der Waals surface area contributed by atoms with E-state index in [1.807, 2.05) is 37.2 Å². The molecule has 0 N–H and O–H groups in total. The summed E-state index contributed by atoms with van der Waals surface area (Å²) in [6.45, 7) is 5.87. The number of imidazole rings is 1. The predicted molar refractivity (Wildman–Crippen MR) is 99.1 cm³/mol. The van der Waals surface area contributed by atoms with Crippen molar-refractivity contribution in [3.05, 3.63) is 63.9 Å². The molecule has 3 rings (SSSR count). The molecule has 0 unspecified atom stereocenters. The summed E-state index contributed by atoms with van der Waals surface area (Å²) in [7, 11) is 4.06. The van der Waals surface area contributed by atoms with Crippen LogP contribution < -0.4 is 0 Å². The molecule has 0 saturated heterocycles. The van der Waals surface area contributed by atoms with Crippen molar-refractivity contribution in [1.82, 2.24) is 24.2 Å². The van der Waals surface area contributed by atoms with Crippen LogP contribution in [0.3, 0.4) is 0 Å². The van der Waals surface area contributed by atoms with Gasteiger partial charge in [-0.05, 0) is 60.1 Å². The summed E-state index contributed by atoms with van der Waals surface area (Å²) >= 11 is 3.57. The Kier molecular flexibility index (Phi) is 4.87. The van der Waals surface area contributed by atoms with E-state index in [4.69, 9.17) is 0 Å². The lowest BCUT2D eigenvalue weighted by atomic mass is 10.1. The third-order valence-corrected chi connectivity index (χ3v) is 4.81. The molecule has 0 spiro atoms. The second-order valence-corrected chi connectivity index (χ2v) is 7.08. The first-order chi connectivity index (χ1) is 11.4. The Balaban J connectivity index is 1.73. The fourth-order valence-electron chi connectivity index (χ4n) is 2.87. The molecule has 0 bridgehead atoms. The van der Waals surface area contributed by atoms with Gasteiger partial charge in [0, 0.05) is 44.4 Å². The quantitative estimate of drug-likeness (QED) is 0.670. The SMILES string of the molecule is Cc1cc(-n2ccnc2C)ccc1CN(C)Cc1nn(C)cc1Br. The molecule has 0 fully saturated rings. The Hall–Kier alpha value is -1.92. The summed E-state index contributed by atoms with van der Waals surface area (Å²) in [6.07, 6.45) is 5.81. The Morgan fingerprint density at radius 2 is 2.00 bits per heavy atom. The number of benzene rings is 1. The minimum absolute atomic E-state index is 0.809. The maximum absolute atomic E-state index is 4.49. The molecule has 0 aliphatic heterocycles. The average Bonchev–Trinajstić information content (AvgIpc) is 3.07. The number of halogens is 1. The normalized spacial score (nSPS) is 11.4. The Bertz CT molecular complexity index is 849. The number of hydrogen-bond acceptors (Lipinski definition) is 3. The van der Waals surface area contributed by atoms with Crippen LogP contribution in [0.1, 0.15) is 22.6 Å². The molecule has 0 amide bonds. The van der Waals surface area contributed by atoms with E-state index < -0.39 is 0 Å². The lowest BCUT2D eigenvalue weighted by Gasteiger charge is -2.18. The molecular weight excluding hydrogens is 366 g/mol. The van der Waals surface area contributed by atoms with Gasteiger partial charge < -0.3 is 4.57 Å². The predicted octanol–water partition coefficient (Wildman–Crippen LogP) is 3.62. The van der Waals surface area contributed by atoms with E-state index >= 15 is 0 Å². The van der Waals surface area contributed by atoms with E-state index in [1.54, 1.807) is 0 Å². The third kappa shape index (κ3) is 3.60. The third-order valence-electron chi connectivity index (χ3n) is 4.14. The molecule has 6 heteroatoms. The molecule has 1 aromatic carbocycles. The number of hydrogen-bond donors (Lipinski definition) is 0. The van der Waals surface area contributed by atoms with Crippen LogP contribution in [0.4, 0.5) is 0 Å². The van der Waals surface area contributed by atoms with E-state index in [2.05, 4.69) is 67.7 Å². The van der Waals surface area contributed by atoms with Crippen molar-refractivity contribution >= 4 is 15.9 Å². The van der Waals surface area contributed by atoms with Gasteiger partial charge in [-0.25, -0.2) is 4.98 Å². The molecule has 24 heavy (non-hydrogen) atoms. The molecule has 0 atom stereocenters. The first-order valence-corrected chi connectivity index (χ1v) is 8.70. The van der Waals surface area contributed by atoms with Crippen molar-refractivity contribution in [3.8, 4) is 5.69 Å². The molecule has 3 aromatic rings. The summed E-state index contributed by atoms with van der Waals surface area (Å²) in [5.74, 6) is 0.999. The van der Waals surface area contributed by atoms with E-state index in [0.717, 1.165) is 34.8 Å². The summed E-state index contributed by atoms with van der Waals surface area (Å²) in [4.78, 5) is 6.57. The van der Waals surface area contributed by atoms with Gasteiger partial charge in [-0.1, -0.05) is 6.07 Å². The highest BCUT2D eigenvalue weighted by molar-refractivity contribution is 9.10. The van der Waals surface area contributed by atoms with E-state index in [0.29, 0.717) is 0 Å². The van der Waals surface area contributed by atoms with Crippen LogP contribution in [0.2, 0.25) is 0 Å². The second-order valence-electron chi connectivity index (χ2n) is 6.22. The highest BCUT2D eigenvalue weighted by atomic mass is 79.9. The summed E-state index contributed by atoms with van der Waals surface area (Å²) in [5, 5.41) is 4.49. The summed E-state index contributed by atoms with van der Waals surface area (Å²) < 4.78 is 4.99. The largest absolute Gasteiger partial charge is 0.304 e. The number of nitrogens with zero attached hydrogens (tertiary/aromatic N) is 5. The van der Waals surface area contributed by atoms with Crippen molar-refractivity contribution in [1.29, 1.82) is 0 Å². The van der Waals surface area contributed by atoms with Crippen LogP contribution in [0.5, 0.6) is 0 Å². The monoisotopic (exact) mass is 387 g/mol. The molecule has 0 radical (unpaired) electrons. The van der Waals surface area contributed by atoms with Crippen LogP contribution in [0, 0.1) is 13.8 Å². The van der Waals surface area contributed by atoms with Crippen molar-refractivity contribution in [2.75, 3.05) is 7.05 Å². The Morgan fingerprint density at radius 1 is 1.21 bits per heavy atom. The van der Waals surface area contributed by atoms with Gasteiger partial charge in [0.25, 0.3) is 0 Å². The minimum atomic E-state index is 0.809. The minimum Gasteiger partial charge on any atom is -0.304 e. The van der Waals surface area contributed by atoms with Crippen LogP contribution in [0.25, 0.3) is 5.69 Å². The van der Waals surface area contributed by atoms with Crippen molar-refractivity contribution in [3.63, 3.8) is 0 Å². The fraction of sp³-hybridized carbons (Fsp3) is 0.333. The van der Waals surface area contributed by atoms with Crippen molar-refractivity contribution in [2.45, 2.75) is 26.9 Å². The van der Waals surface area contributed by atoms with Crippen LogP contribution in [-0.4, -0.2) is 31.3 Å². The maximum atomic E-state index is 4.49. The van der Waals surface area contributed by atoms with Gasteiger partial charge in [0.05, 0.1) is 10.2 Å². The first-order valence-electron chi connectivity index (χ1n) is 7.90. The molecule has 5 nitrogen and oxygen atoms in total. The zero-order valence-electron chi connectivity index (χ0n) is 14.5. The molecule has 0 saturated carbocycles. The molecule has 126 valence electrons. The van der Waals surface area contributed by atoms with Crippen molar-refractivity contribution < 1.29 is 0 Å². The maximum Gasteiger partial charge on any atom is 0.110 e. The summed E-state index contributed by atoms with van der Waals surface area (Å²) in [5.41, 5.74) is 4.82. The molecule has 2 aromatic heterocycles. The van der Waals surface area contributed by atoms with Gasteiger partial charge in [-0.3, -0.25) is 9.58 Å². The molecule has 0 aliphatic rings. The van der Waals surface area contributed by atoms with Crippen LogP contribution in [0.15, 0.2) is 41.3 Å². The topological polar surface area (TPSA) is 38.9 Å². The highest BCUT2D eigenvalue weighted by Gasteiger charge is 2.10. The Morgan fingerprint density at radius 3 is 2.58 bits per heavy atom. The van der Waals surface area contributed by atoms with Gasteiger partial charge >= 0.3 is 0 Å². The lowest BCUT2D eigenvalue weighted by molar-refractivity contribution is 0.313. The van der Waals surface area contributed by atoms with E-state index in [1.165, 1.54) is 11.1 Å². The standard InChI is InChI=1S/C18H22BrN5/c1-13-9-16(24-8-7-20-14(24)2)6-5-15(13)10-22(3)12-18-17(19)11-23(4)21-18/h5-9,11H,10,12H2,1-4H3. The Labute approximate surface area is 151 Å². The van der Waals surface area contributed by atoms with Gasteiger partial charge in [-0.2, -0.15) is 5.10 Å². The smallest absolute Gasteiger partial charge is 0.110 e.